The van der Waals surface area contributed by atoms with Gasteiger partial charge in [-0.25, -0.2) is 4.79 Å². The first-order valence-corrected chi connectivity index (χ1v) is 8.63. The van der Waals surface area contributed by atoms with Crippen molar-refractivity contribution in [3.8, 4) is 0 Å². The summed E-state index contributed by atoms with van der Waals surface area (Å²) in [5.41, 5.74) is -0.523. The van der Waals surface area contributed by atoms with Crippen molar-refractivity contribution in [1.82, 2.24) is 10.2 Å². The number of fused-ring (bicyclic) bond motifs is 1. The van der Waals surface area contributed by atoms with Gasteiger partial charge in [-0.2, -0.15) is 0 Å². The van der Waals surface area contributed by atoms with Crippen LogP contribution in [0.15, 0.2) is 0 Å². The minimum atomic E-state index is -0.954. The minimum Gasteiger partial charge on any atom is -0.480 e. The van der Waals surface area contributed by atoms with E-state index in [4.69, 9.17) is 0 Å². The number of nitrogens with one attached hydrogen (secondary N) is 1. The minimum absolute atomic E-state index is 0.000341. The summed E-state index contributed by atoms with van der Waals surface area (Å²) in [6, 6.07) is -1.52. The topological polar surface area (TPSA) is 86.7 Å². The summed E-state index contributed by atoms with van der Waals surface area (Å²) >= 11 is 0. The van der Waals surface area contributed by atoms with Gasteiger partial charge in [0.15, 0.2) is 0 Å². The maximum atomic E-state index is 13.1. The molecule has 1 saturated heterocycles. The molecular weight excluding hydrogens is 308 g/mol. The number of aliphatic carboxylic acids is 1. The molecule has 24 heavy (non-hydrogen) atoms. The number of carboxylic acids is 1. The Labute approximate surface area is 144 Å². The number of carbonyl (C=O) groups excluding carboxylic acids is 2. The van der Waals surface area contributed by atoms with E-state index in [9.17, 15) is 19.5 Å². The van der Waals surface area contributed by atoms with Crippen molar-refractivity contribution in [3.05, 3.63) is 0 Å². The van der Waals surface area contributed by atoms with Crippen LogP contribution < -0.4 is 5.32 Å². The molecule has 0 aromatic heterocycles. The number of piperidine rings is 1. The van der Waals surface area contributed by atoms with Crippen molar-refractivity contribution in [2.75, 3.05) is 6.54 Å². The third-order valence-electron chi connectivity index (χ3n) is 5.67. The molecule has 4 unspecified atom stereocenters. The summed E-state index contributed by atoms with van der Waals surface area (Å²) in [6.07, 6.45) is 0. The standard InChI is InChI=1S/C18H30N2O4/c1-9(2)14(21)19-13(17(3,4)5)15(22)20-8-10-11(18(10,6)7)12(20)16(23)24/h9-13H,8H2,1-7H3,(H,19,21)(H,23,24). The van der Waals surface area contributed by atoms with Gasteiger partial charge in [0.1, 0.15) is 12.1 Å². The SMILES string of the molecule is CC(C)C(=O)NC(C(=O)N1CC2C(C1C(=O)O)C2(C)C)C(C)(C)C. The number of nitrogens with zero attached hydrogens (tertiary/aromatic N) is 1. The lowest BCUT2D eigenvalue weighted by Gasteiger charge is -2.37. The average Bonchev–Trinajstić information content (AvgIpc) is 2.82. The van der Waals surface area contributed by atoms with Gasteiger partial charge in [0.05, 0.1) is 0 Å². The van der Waals surface area contributed by atoms with Crippen LogP contribution >= 0.6 is 0 Å². The van der Waals surface area contributed by atoms with Crippen molar-refractivity contribution in [2.24, 2.45) is 28.6 Å². The fraction of sp³-hybridized carbons (Fsp3) is 0.833. The highest BCUT2D eigenvalue weighted by Crippen LogP contribution is 2.64. The molecule has 1 heterocycles. The van der Waals surface area contributed by atoms with E-state index in [-0.39, 0.29) is 35.0 Å². The Morgan fingerprint density at radius 1 is 1.21 bits per heavy atom. The summed E-state index contributed by atoms with van der Waals surface area (Å²) < 4.78 is 0. The van der Waals surface area contributed by atoms with Gasteiger partial charge in [0, 0.05) is 18.4 Å². The molecule has 0 spiro atoms. The van der Waals surface area contributed by atoms with Crippen molar-refractivity contribution in [3.63, 3.8) is 0 Å². The van der Waals surface area contributed by atoms with Gasteiger partial charge in [-0.15, -0.1) is 0 Å². The zero-order valence-corrected chi connectivity index (χ0v) is 15.7. The highest BCUT2D eigenvalue weighted by atomic mass is 16.4. The van der Waals surface area contributed by atoms with E-state index < -0.39 is 23.5 Å². The highest BCUT2D eigenvalue weighted by Gasteiger charge is 2.70. The number of amides is 2. The van der Waals surface area contributed by atoms with Crippen LogP contribution in [0.4, 0.5) is 0 Å². The second-order valence-corrected chi connectivity index (χ2v) is 9.19. The van der Waals surface area contributed by atoms with Crippen molar-refractivity contribution in [1.29, 1.82) is 0 Å². The van der Waals surface area contributed by atoms with Crippen LogP contribution in [0.3, 0.4) is 0 Å². The van der Waals surface area contributed by atoms with Crippen molar-refractivity contribution in [2.45, 2.75) is 60.5 Å². The van der Waals surface area contributed by atoms with E-state index in [2.05, 4.69) is 19.2 Å². The van der Waals surface area contributed by atoms with Crippen LogP contribution in [0.25, 0.3) is 0 Å². The number of hydrogen-bond donors (Lipinski definition) is 2. The van der Waals surface area contributed by atoms with Crippen molar-refractivity contribution >= 4 is 17.8 Å². The van der Waals surface area contributed by atoms with E-state index in [1.165, 1.54) is 4.90 Å². The first-order valence-electron chi connectivity index (χ1n) is 8.63. The van der Waals surface area contributed by atoms with E-state index >= 15 is 0 Å². The molecular formula is C18H30N2O4. The van der Waals surface area contributed by atoms with Crippen LogP contribution in [0.2, 0.25) is 0 Å². The van der Waals surface area contributed by atoms with Crippen LogP contribution in [0, 0.1) is 28.6 Å². The smallest absolute Gasteiger partial charge is 0.326 e. The molecule has 1 aliphatic heterocycles. The van der Waals surface area contributed by atoms with Gasteiger partial charge < -0.3 is 15.3 Å². The number of carboxylic acid groups (broad SMARTS) is 1. The average molecular weight is 338 g/mol. The summed E-state index contributed by atoms with van der Waals surface area (Å²) in [6.45, 7) is 13.8. The molecule has 0 aromatic carbocycles. The van der Waals surface area contributed by atoms with E-state index in [1.807, 2.05) is 20.8 Å². The molecule has 0 aromatic rings. The molecule has 6 nitrogen and oxygen atoms in total. The molecule has 2 rings (SSSR count). The normalized spacial score (nSPS) is 29.2. The molecule has 2 amide bonds. The van der Waals surface area contributed by atoms with Crippen LogP contribution in [0.5, 0.6) is 0 Å². The third-order valence-corrected chi connectivity index (χ3v) is 5.67. The predicted molar refractivity (Wildman–Crippen MR) is 90.1 cm³/mol. The molecule has 2 fully saturated rings. The maximum absolute atomic E-state index is 13.1. The molecule has 4 atom stereocenters. The molecule has 0 radical (unpaired) electrons. The summed E-state index contributed by atoms with van der Waals surface area (Å²) in [7, 11) is 0. The molecule has 0 bridgehead atoms. The second-order valence-electron chi connectivity index (χ2n) is 9.19. The number of likely N-dealkylation sites (tertiary alicyclic amines) is 1. The monoisotopic (exact) mass is 338 g/mol. The number of hydrogen-bond acceptors (Lipinski definition) is 3. The number of rotatable bonds is 4. The summed E-state index contributed by atoms with van der Waals surface area (Å²) in [5, 5.41) is 12.5. The van der Waals surface area contributed by atoms with Gasteiger partial charge in [-0.05, 0) is 16.7 Å². The van der Waals surface area contributed by atoms with Crippen LogP contribution in [0.1, 0.15) is 48.5 Å². The van der Waals surface area contributed by atoms with Crippen molar-refractivity contribution < 1.29 is 19.5 Å². The van der Waals surface area contributed by atoms with Gasteiger partial charge >= 0.3 is 5.97 Å². The lowest BCUT2D eigenvalue weighted by molar-refractivity contribution is -0.153. The summed E-state index contributed by atoms with van der Waals surface area (Å²) in [4.78, 5) is 38.4. The fourth-order valence-corrected chi connectivity index (χ4v) is 3.92. The third kappa shape index (κ3) is 3.03. The van der Waals surface area contributed by atoms with Crippen LogP contribution in [-0.4, -0.2) is 46.4 Å². The maximum Gasteiger partial charge on any atom is 0.326 e. The largest absolute Gasteiger partial charge is 0.480 e. The van der Waals surface area contributed by atoms with Gasteiger partial charge in [-0.1, -0.05) is 48.5 Å². The molecule has 2 aliphatic rings. The molecule has 136 valence electrons. The quantitative estimate of drug-likeness (QED) is 0.817. The van der Waals surface area contributed by atoms with E-state index in [1.54, 1.807) is 13.8 Å². The fourth-order valence-electron chi connectivity index (χ4n) is 3.92. The molecule has 6 heteroatoms. The molecule has 1 aliphatic carbocycles. The Morgan fingerprint density at radius 3 is 2.17 bits per heavy atom. The van der Waals surface area contributed by atoms with E-state index in [0.29, 0.717) is 6.54 Å². The summed E-state index contributed by atoms with van der Waals surface area (Å²) in [5.74, 6) is -1.44. The second kappa shape index (κ2) is 5.74. The molecule has 2 N–H and O–H groups in total. The Balaban J connectivity index is 2.24. The lowest BCUT2D eigenvalue weighted by atomic mass is 9.85. The zero-order valence-electron chi connectivity index (χ0n) is 15.7. The molecule has 1 saturated carbocycles. The number of carbonyl (C=O) groups is 3. The first kappa shape index (κ1) is 18.7. The van der Waals surface area contributed by atoms with Crippen LogP contribution in [-0.2, 0) is 14.4 Å². The van der Waals surface area contributed by atoms with Gasteiger partial charge in [0.2, 0.25) is 11.8 Å². The Bertz CT molecular complexity index is 562. The Hall–Kier alpha value is -1.59. The lowest BCUT2D eigenvalue weighted by Crippen LogP contribution is -2.58. The van der Waals surface area contributed by atoms with Gasteiger partial charge in [-0.3, -0.25) is 9.59 Å². The Kier molecular flexibility index (Phi) is 4.48. The first-order chi connectivity index (χ1) is 10.8. The van der Waals surface area contributed by atoms with E-state index in [0.717, 1.165) is 0 Å². The van der Waals surface area contributed by atoms with Gasteiger partial charge in [0.25, 0.3) is 0 Å². The highest BCUT2D eigenvalue weighted by molar-refractivity contribution is 5.92. The zero-order chi connectivity index (χ0) is 18.6. The Morgan fingerprint density at radius 2 is 1.75 bits per heavy atom. The predicted octanol–water partition coefficient (Wildman–Crippen LogP) is 1.74.